The number of hydrogen-bond donors (Lipinski definition) is 1. The molecule has 41 heavy (non-hydrogen) atoms. The molecule has 4 fully saturated rings. The predicted molar refractivity (Wildman–Crippen MR) is 163 cm³/mol. The first-order valence-electron chi connectivity index (χ1n) is 16.5. The van der Waals surface area contributed by atoms with Crippen molar-refractivity contribution in [1.29, 1.82) is 0 Å². The van der Waals surface area contributed by atoms with Crippen molar-refractivity contribution in [1.82, 2.24) is 19.4 Å². The standard InChI is InChI=1S/C33H49N5O3/c1-2-41-33(40)24-16-19-36(20-17-24)21-18-34-31-32(39)38(30-13-9-8-12-29(30)35-31)28-22-26-14-15-27(23-28)37(26)25-10-6-4-3-5-7-11-25/h8-9,12-13,24-28H,2-7,10-11,14-23H2,1H3,(H,34,35)/t26-,27+,28+. The third-order valence-electron chi connectivity index (χ3n) is 10.3. The fourth-order valence-corrected chi connectivity index (χ4v) is 8.34. The van der Waals surface area contributed by atoms with Crippen molar-refractivity contribution in [3.05, 3.63) is 34.6 Å². The van der Waals surface area contributed by atoms with Crippen molar-refractivity contribution < 1.29 is 9.53 Å². The first-order chi connectivity index (χ1) is 20.1. The lowest BCUT2D eigenvalue weighted by molar-refractivity contribution is -0.149. The van der Waals surface area contributed by atoms with E-state index in [0.29, 0.717) is 31.1 Å². The minimum absolute atomic E-state index is 0.0160. The highest BCUT2D eigenvalue weighted by molar-refractivity contribution is 5.76. The van der Waals surface area contributed by atoms with E-state index in [2.05, 4.69) is 25.8 Å². The van der Waals surface area contributed by atoms with Gasteiger partial charge in [-0.1, -0.05) is 44.2 Å². The second-order valence-electron chi connectivity index (χ2n) is 12.9. The number of hydrogen-bond acceptors (Lipinski definition) is 7. The van der Waals surface area contributed by atoms with E-state index in [4.69, 9.17) is 9.72 Å². The van der Waals surface area contributed by atoms with Crippen molar-refractivity contribution in [2.45, 2.75) is 115 Å². The van der Waals surface area contributed by atoms with Crippen LogP contribution in [0.1, 0.15) is 96.4 Å². The van der Waals surface area contributed by atoms with Crippen molar-refractivity contribution >= 4 is 22.8 Å². The van der Waals surface area contributed by atoms with Gasteiger partial charge < -0.3 is 19.5 Å². The first kappa shape index (κ1) is 28.7. The van der Waals surface area contributed by atoms with Gasteiger partial charge in [-0.05, 0) is 83.5 Å². The van der Waals surface area contributed by atoms with E-state index in [1.807, 2.05) is 25.1 Å². The Kier molecular flexibility index (Phi) is 9.26. The number of nitrogens with zero attached hydrogens (tertiary/aromatic N) is 4. The fraction of sp³-hybridized carbons (Fsp3) is 0.727. The number of nitrogens with one attached hydrogen (secondary N) is 1. The summed E-state index contributed by atoms with van der Waals surface area (Å²) < 4.78 is 7.30. The number of carbonyl (C=O) groups is 1. The van der Waals surface area contributed by atoms with E-state index < -0.39 is 0 Å². The Bertz CT molecular complexity index is 1220. The molecule has 2 bridgehead atoms. The minimum atomic E-state index is -0.0600. The maximum Gasteiger partial charge on any atom is 0.309 e. The quantitative estimate of drug-likeness (QED) is 0.433. The Balaban J connectivity index is 1.14. The van der Waals surface area contributed by atoms with Gasteiger partial charge in [0, 0.05) is 37.3 Å². The van der Waals surface area contributed by atoms with Gasteiger partial charge in [0.05, 0.1) is 23.6 Å². The topological polar surface area (TPSA) is 79.7 Å². The number of benzene rings is 1. The molecule has 0 amide bonds. The van der Waals surface area contributed by atoms with Gasteiger partial charge in [0.25, 0.3) is 5.56 Å². The van der Waals surface area contributed by atoms with E-state index in [0.717, 1.165) is 62.4 Å². The van der Waals surface area contributed by atoms with E-state index >= 15 is 0 Å². The second-order valence-corrected chi connectivity index (χ2v) is 12.9. The van der Waals surface area contributed by atoms with Crippen LogP contribution in [0, 0.1) is 5.92 Å². The molecule has 3 aliphatic heterocycles. The fourth-order valence-electron chi connectivity index (χ4n) is 8.34. The van der Waals surface area contributed by atoms with E-state index in [1.54, 1.807) is 0 Å². The molecule has 1 saturated carbocycles. The summed E-state index contributed by atoms with van der Waals surface area (Å²) in [6.45, 7) is 5.55. The monoisotopic (exact) mass is 563 g/mol. The molecule has 2 aromatic rings. The van der Waals surface area contributed by atoms with Crippen LogP contribution >= 0.6 is 0 Å². The zero-order valence-corrected chi connectivity index (χ0v) is 24.9. The van der Waals surface area contributed by atoms with Crippen LogP contribution < -0.4 is 10.9 Å². The van der Waals surface area contributed by atoms with Crippen LogP contribution in [0.15, 0.2) is 29.1 Å². The van der Waals surface area contributed by atoms with Gasteiger partial charge >= 0.3 is 5.97 Å². The Morgan fingerprint density at radius 2 is 1.59 bits per heavy atom. The molecule has 4 heterocycles. The van der Waals surface area contributed by atoms with Crippen molar-refractivity contribution in [3.8, 4) is 0 Å². The normalized spacial score (nSPS) is 27.0. The molecular formula is C33H49N5O3. The van der Waals surface area contributed by atoms with Crippen LogP contribution in [-0.4, -0.2) is 76.2 Å². The molecule has 8 nitrogen and oxygen atoms in total. The zero-order valence-electron chi connectivity index (χ0n) is 24.9. The molecule has 0 unspecified atom stereocenters. The Labute approximate surface area is 244 Å². The molecule has 8 heteroatoms. The number of aromatic nitrogens is 2. The van der Waals surface area contributed by atoms with Gasteiger partial charge in [0.2, 0.25) is 0 Å². The molecule has 1 N–H and O–H groups in total. The van der Waals surface area contributed by atoms with E-state index in [9.17, 15) is 9.59 Å². The van der Waals surface area contributed by atoms with Gasteiger partial charge in [0.15, 0.2) is 5.82 Å². The average molecular weight is 564 g/mol. The first-order valence-corrected chi connectivity index (χ1v) is 16.5. The highest BCUT2D eigenvalue weighted by Crippen LogP contribution is 2.44. The van der Waals surface area contributed by atoms with Crippen molar-refractivity contribution in [2.75, 3.05) is 38.1 Å². The van der Waals surface area contributed by atoms with Crippen LogP contribution in [0.25, 0.3) is 11.0 Å². The number of esters is 1. The molecule has 1 aliphatic carbocycles. The average Bonchev–Trinajstić information content (AvgIpc) is 3.22. The smallest absolute Gasteiger partial charge is 0.309 e. The van der Waals surface area contributed by atoms with Crippen LogP contribution in [0.3, 0.4) is 0 Å². The Morgan fingerprint density at radius 1 is 0.902 bits per heavy atom. The lowest BCUT2D eigenvalue weighted by Gasteiger charge is -2.45. The molecule has 3 atom stereocenters. The molecule has 3 saturated heterocycles. The number of likely N-dealkylation sites (tertiary alicyclic amines) is 1. The number of rotatable bonds is 8. The second kappa shape index (κ2) is 13.2. The molecule has 1 aromatic carbocycles. The number of carbonyl (C=O) groups excluding carboxylic acids is 1. The van der Waals surface area contributed by atoms with Gasteiger partial charge in [-0.25, -0.2) is 4.98 Å². The minimum Gasteiger partial charge on any atom is -0.466 e. The van der Waals surface area contributed by atoms with Gasteiger partial charge in [-0.15, -0.1) is 0 Å². The number of fused-ring (bicyclic) bond motifs is 3. The summed E-state index contributed by atoms with van der Waals surface area (Å²) in [4.78, 5) is 36.1. The van der Waals surface area contributed by atoms with Crippen molar-refractivity contribution in [2.24, 2.45) is 5.92 Å². The van der Waals surface area contributed by atoms with Crippen LogP contribution in [0.2, 0.25) is 0 Å². The third kappa shape index (κ3) is 6.34. The number of piperidine rings is 2. The van der Waals surface area contributed by atoms with E-state index in [-0.39, 0.29) is 23.5 Å². The maximum absolute atomic E-state index is 14.0. The molecule has 4 aliphatic rings. The highest BCUT2D eigenvalue weighted by Gasteiger charge is 2.44. The Hall–Kier alpha value is -2.45. The van der Waals surface area contributed by atoms with E-state index in [1.165, 1.54) is 57.8 Å². The molecule has 0 spiro atoms. The summed E-state index contributed by atoms with van der Waals surface area (Å²) in [6.07, 6.45) is 16.0. The third-order valence-corrected chi connectivity index (χ3v) is 10.3. The Morgan fingerprint density at radius 3 is 2.29 bits per heavy atom. The summed E-state index contributed by atoms with van der Waals surface area (Å²) in [5.41, 5.74) is 1.88. The maximum atomic E-state index is 14.0. The SMILES string of the molecule is CCOC(=O)C1CCN(CCNc2nc3ccccc3n([C@H]3C[C@H]4CC[C@@H](C3)N4C3CCCCCCC3)c2=O)CC1. The summed E-state index contributed by atoms with van der Waals surface area (Å²) in [5, 5.41) is 3.41. The molecule has 0 radical (unpaired) electrons. The zero-order chi connectivity index (χ0) is 28.2. The summed E-state index contributed by atoms with van der Waals surface area (Å²) in [5.74, 6) is 0.428. The number of ether oxygens (including phenoxy) is 1. The van der Waals surface area contributed by atoms with Crippen LogP contribution in [-0.2, 0) is 9.53 Å². The molecule has 1 aromatic heterocycles. The molecule has 224 valence electrons. The number of anilines is 1. The molecular weight excluding hydrogens is 514 g/mol. The predicted octanol–water partition coefficient (Wildman–Crippen LogP) is 5.36. The summed E-state index contributed by atoms with van der Waals surface area (Å²) >= 11 is 0. The summed E-state index contributed by atoms with van der Waals surface area (Å²) in [7, 11) is 0. The van der Waals surface area contributed by atoms with Crippen LogP contribution in [0.5, 0.6) is 0 Å². The number of para-hydroxylation sites is 2. The van der Waals surface area contributed by atoms with Gasteiger partial charge in [0.1, 0.15) is 0 Å². The highest BCUT2D eigenvalue weighted by atomic mass is 16.5. The largest absolute Gasteiger partial charge is 0.466 e. The lowest BCUT2D eigenvalue weighted by atomic mass is 9.89. The summed E-state index contributed by atoms with van der Waals surface area (Å²) in [6, 6.07) is 10.3. The van der Waals surface area contributed by atoms with Crippen molar-refractivity contribution in [3.63, 3.8) is 0 Å². The van der Waals surface area contributed by atoms with Gasteiger partial charge in [-0.2, -0.15) is 0 Å². The lowest BCUT2D eigenvalue weighted by Crippen LogP contribution is -2.50. The van der Waals surface area contributed by atoms with Gasteiger partial charge in [-0.3, -0.25) is 14.5 Å². The van der Waals surface area contributed by atoms with Crippen LogP contribution in [0.4, 0.5) is 5.82 Å². The molecule has 6 rings (SSSR count).